The van der Waals surface area contributed by atoms with Gasteiger partial charge in [-0.2, -0.15) is 5.10 Å². The number of anilines is 1. The second kappa shape index (κ2) is 20.5. The third-order valence-electron chi connectivity index (χ3n) is 10.2. The fourth-order valence-electron chi connectivity index (χ4n) is 6.98. The molecule has 0 saturated carbocycles. The number of rotatable bonds is 19. The molecule has 0 aliphatic carbocycles. The number of carbonyl (C=O) groups excluding carboxylic acids is 4. The molecule has 0 fully saturated rings. The first-order valence-corrected chi connectivity index (χ1v) is 20.7. The number of nitrogens with one attached hydrogen (secondary N) is 3. The van der Waals surface area contributed by atoms with Crippen molar-refractivity contribution < 1.29 is 39.0 Å². The van der Waals surface area contributed by atoms with Crippen LogP contribution in [0.1, 0.15) is 66.7 Å². The van der Waals surface area contributed by atoms with Crippen LogP contribution in [0.3, 0.4) is 0 Å². The van der Waals surface area contributed by atoms with Crippen molar-refractivity contribution in [3.8, 4) is 0 Å². The second-order valence-corrected chi connectivity index (χ2v) is 15.8. The summed E-state index contributed by atoms with van der Waals surface area (Å²) in [7, 11) is 0. The molecule has 0 radical (unpaired) electrons. The van der Waals surface area contributed by atoms with E-state index in [1.165, 1.54) is 0 Å². The lowest BCUT2D eigenvalue weighted by Gasteiger charge is -2.30. The summed E-state index contributed by atoms with van der Waals surface area (Å²) in [6.45, 7) is 1.42. The van der Waals surface area contributed by atoms with Crippen LogP contribution < -0.4 is 21.7 Å². The first-order valence-electron chi connectivity index (χ1n) is 19.6. The maximum Gasteiger partial charge on any atom is 0.322 e. The predicted octanol–water partition coefficient (Wildman–Crippen LogP) is 3.68. The van der Waals surface area contributed by atoms with E-state index in [9.17, 15) is 33.9 Å². The van der Waals surface area contributed by atoms with Gasteiger partial charge >= 0.3 is 18.0 Å². The monoisotopic (exact) mass is 837 g/mol. The maximum atomic E-state index is 14.1. The number of carbonyl (C=O) groups is 6. The van der Waals surface area contributed by atoms with E-state index in [-0.39, 0.29) is 24.2 Å². The van der Waals surface area contributed by atoms with E-state index < -0.39 is 47.4 Å². The minimum absolute atomic E-state index is 0.104. The topological polar surface area (TPSA) is 250 Å². The van der Waals surface area contributed by atoms with Crippen LogP contribution in [-0.4, -0.2) is 108 Å². The van der Waals surface area contributed by atoms with Crippen molar-refractivity contribution in [1.82, 2.24) is 30.5 Å². The lowest BCUT2D eigenvalue weighted by Crippen LogP contribution is -2.39. The van der Waals surface area contributed by atoms with Crippen LogP contribution in [0.2, 0.25) is 0 Å². The smallest absolute Gasteiger partial charge is 0.322 e. The maximum absolute atomic E-state index is 14.1. The van der Waals surface area contributed by atoms with E-state index in [0.717, 1.165) is 63.5 Å². The summed E-state index contributed by atoms with van der Waals surface area (Å²) in [5.41, 5.74) is 11.4. The van der Waals surface area contributed by atoms with Crippen molar-refractivity contribution in [2.24, 2.45) is 10.8 Å². The molecule has 2 aliphatic rings. The summed E-state index contributed by atoms with van der Waals surface area (Å²) < 4.78 is 0. The van der Waals surface area contributed by atoms with Gasteiger partial charge in [0, 0.05) is 74.4 Å². The molecule has 4 heterocycles. The molecule has 2 aromatic carbocycles. The van der Waals surface area contributed by atoms with E-state index in [0.29, 0.717) is 51.1 Å². The van der Waals surface area contributed by atoms with Gasteiger partial charge in [-0.25, -0.2) is 9.80 Å². The highest BCUT2D eigenvalue weighted by Crippen LogP contribution is 2.34. The van der Waals surface area contributed by atoms with Gasteiger partial charge in [-0.15, -0.1) is 11.8 Å². The summed E-state index contributed by atoms with van der Waals surface area (Å²) in [5, 5.41) is 32.5. The molecule has 4 aromatic rings. The van der Waals surface area contributed by atoms with E-state index >= 15 is 0 Å². The Morgan fingerprint density at radius 3 is 2.42 bits per heavy atom. The average molecular weight is 838 g/mol. The Morgan fingerprint density at radius 2 is 1.65 bits per heavy atom. The molecular weight excluding hydrogens is 791 g/mol. The number of benzene rings is 2. The van der Waals surface area contributed by atoms with Crippen LogP contribution in [-0.2, 0) is 37.1 Å². The Kier molecular flexibility index (Phi) is 14.8. The number of aliphatic carboxylic acids is 2. The fraction of sp³-hybridized carbons (Fsp3) is 0.357. The van der Waals surface area contributed by atoms with Crippen molar-refractivity contribution >= 4 is 69.8 Å². The molecule has 2 aliphatic heterocycles. The molecule has 7 N–H and O–H groups in total. The number of hydrogen-bond donors (Lipinski definition) is 6. The number of urea groups is 1. The minimum Gasteiger partial charge on any atom is -0.480 e. The van der Waals surface area contributed by atoms with E-state index in [4.69, 9.17) is 15.9 Å². The summed E-state index contributed by atoms with van der Waals surface area (Å²) in [6, 6.07) is 17.6. The van der Waals surface area contributed by atoms with Crippen molar-refractivity contribution in [3.63, 3.8) is 0 Å². The van der Waals surface area contributed by atoms with Crippen molar-refractivity contribution in [1.29, 1.82) is 0 Å². The third-order valence-corrected chi connectivity index (χ3v) is 11.6. The minimum atomic E-state index is -1.28. The zero-order valence-corrected chi connectivity index (χ0v) is 33.6. The van der Waals surface area contributed by atoms with Gasteiger partial charge in [0.15, 0.2) is 0 Å². The Bertz CT molecular complexity index is 2230. The van der Waals surface area contributed by atoms with Gasteiger partial charge in [-0.05, 0) is 65.4 Å². The predicted molar refractivity (Wildman–Crippen MR) is 225 cm³/mol. The SMILES string of the molecule is N[C@@H](CSC(CC(=O)NCC(=O)NCCCCCCN1N=C(c2ccc(NC(=O)N3Cc4ccncc4C3)cc2)CC(c2cccc3ncccc23)C1=O)C(=O)O)C(=O)O. The number of nitrogens with zero attached hydrogens (tertiary/aromatic N) is 5. The molecule has 17 nitrogen and oxygen atoms in total. The van der Waals surface area contributed by atoms with Crippen molar-refractivity contribution in [3.05, 3.63) is 102 Å². The van der Waals surface area contributed by atoms with Gasteiger partial charge in [-0.3, -0.25) is 33.9 Å². The molecule has 6 rings (SSSR count). The van der Waals surface area contributed by atoms with Gasteiger partial charge < -0.3 is 36.8 Å². The number of thioether (sulfide) groups is 1. The number of pyridine rings is 2. The van der Waals surface area contributed by atoms with Crippen LogP contribution in [0.4, 0.5) is 10.5 Å². The number of nitrogens with two attached hydrogens (primary N) is 1. The zero-order chi connectivity index (χ0) is 42.6. The number of hydrazone groups is 1. The molecule has 3 atom stereocenters. The van der Waals surface area contributed by atoms with Crippen molar-refractivity contribution in [2.45, 2.75) is 68.8 Å². The summed E-state index contributed by atoms with van der Waals surface area (Å²) in [4.78, 5) is 84.5. The number of unbranched alkanes of at least 4 members (excludes halogenated alkanes) is 3. The first kappa shape index (κ1) is 43.2. The molecule has 314 valence electrons. The lowest BCUT2D eigenvalue weighted by atomic mass is 9.86. The molecule has 5 amide bonds. The lowest BCUT2D eigenvalue weighted by molar-refractivity contribution is -0.139. The van der Waals surface area contributed by atoms with Gasteiger partial charge in [0.2, 0.25) is 11.8 Å². The van der Waals surface area contributed by atoms with Gasteiger partial charge in [-0.1, -0.05) is 43.2 Å². The molecule has 2 unspecified atom stereocenters. The van der Waals surface area contributed by atoms with E-state index in [1.54, 1.807) is 28.5 Å². The largest absolute Gasteiger partial charge is 0.480 e. The van der Waals surface area contributed by atoms with Crippen molar-refractivity contribution in [2.75, 3.05) is 30.7 Å². The highest BCUT2D eigenvalue weighted by atomic mass is 32.2. The van der Waals surface area contributed by atoms with Crippen LogP contribution in [0, 0.1) is 0 Å². The van der Waals surface area contributed by atoms with Gasteiger partial charge in [0.1, 0.15) is 11.3 Å². The number of amides is 5. The number of aromatic nitrogens is 2. The molecule has 2 aromatic heterocycles. The quantitative estimate of drug-likeness (QED) is 0.0741. The first-order chi connectivity index (χ1) is 29.0. The van der Waals surface area contributed by atoms with Gasteiger partial charge in [0.25, 0.3) is 5.91 Å². The Hall–Kier alpha value is -6.40. The summed E-state index contributed by atoms with van der Waals surface area (Å²) >= 11 is 0.751. The van der Waals surface area contributed by atoms with Gasteiger partial charge in [0.05, 0.1) is 23.7 Å². The van der Waals surface area contributed by atoms with Crippen LogP contribution in [0.25, 0.3) is 10.9 Å². The number of carboxylic acid groups (broad SMARTS) is 2. The Morgan fingerprint density at radius 1 is 0.867 bits per heavy atom. The Balaban J connectivity index is 0.996. The molecule has 60 heavy (non-hydrogen) atoms. The highest BCUT2D eigenvalue weighted by molar-refractivity contribution is 8.00. The van der Waals surface area contributed by atoms with E-state index in [2.05, 4.69) is 25.9 Å². The molecule has 18 heteroatoms. The summed E-state index contributed by atoms with van der Waals surface area (Å²) in [6.07, 6.45) is 8.02. The second-order valence-electron chi connectivity index (χ2n) is 14.5. The Labute approximate surface area is 350 Å². The number of carboxylic acids is 2. The fourth-order valence-corrected chi connectivity index (χ4v) is 7.97. The standard InChI is InChI=1S/C42H47N9O8S/c43-33(40(55)56)25-60-36(41(57)58)20-37(52)47-22-38(53)46-15-3-1-2-4-18-51-39(54)32(30-7-5-9-34-31(30)8-6-16-45-34)19-35(49-51)26-10-12-29(13-11-26)48-42(59)50-23-27-14-17-44-21-28(27)24-50/h5-14,16-17,21,32-33,36H,1-4,15,18-20,22-25,43H2,(H,46,53)(H,47,52)(H,48,59)(H,55,56)(H,57,58)/t32?,33-,36?/m0/s1. The molecule has 0 spiro atoms. The summed E-state index contributed by atoms with van der Waals surface area (Å²) in [5.74, 6) is -4.43. The van der Waals surface area contributed by atoms with Crippen LogP contribution in [0.5, 0.6) is 0 Å². The number of fused-ring (bicyclic) bond motifs is 2. The molecule has 0 saturated heterocycles. The van der Waals surface area contributed by atoms with E-state index in [1.807, 2.05) is 60.7 Å². The van der Waals surface area contributed by atoms with Crippen LogP contribution >= 0.6 is 11.8 Å². The molecule has 0 bridgehead atoms. The van der Waals surface area contributed by atoms with Crippen LogP contribution in [0.15, 0.2) is 84.4 Å². The number of hydrogen-bond acceptors (Lipinski definition) is 11. The highest BCUT2D eigenvalue weighted by Gasteiger charge is 2.34. The zero-order valence-electron chi connectivity index (χ0n) is 32.8. The average Bonchev–Trinajstić information content (AvgIpc) is 3.69. The third kappa shape index (κ3) is 11.4. The normalized spacial score (nSPS) is 15.8. The molecular formula is C42H47N9O8S.